The number of ether oxygens (including phenoxy) is 1. The lowest BCUT2D eigenvalue weighted by Crippen LogP contribution is -2.37. The minimum atomic E-state index is -3.89. The maximum absolute atomic E-state index is 13.1. The Bertz CT molecular complexity index is 1350. The Morgan fingerprint density at radius 1 is 1.08 bits per heavy atom. The second-order valence-corrected chi connectivity index (χ2v) is 12.2. The van der Waals surface area contributed by atoms with Gasteiger partial charge in [0.25, 0.3) is 10.0 Å². The molecule has 36 heavy (non-hydrogen) atoms. The van der Waals surface area contributed by atoms with Gasteiger partial charge in [-0.2, -0.15) is 0 Å². The summed E-state index contributed by atoms with van der Waals surface area (Å²) in [5.41, 5.74) is 2.65. The van der Waals surface area contributed by atoms with Gasteiger partial charge in [0.15, 0.2) is 0 Å². The summed E-state index contributed by atoms with van der Waals surface area (Å²) in [6, 6.07) is 17.1. The normalized spacial score (nSPS) is 13.9. The Kier molecular flexibility index (Phi) is 8.84. The molecule has 1 saturated heterocycles. The maximum atomic E-state index is 13.1. The molecule has 1 aliphatic heterocycles. The number of carbonyl (C=O) groups is 1. The molecule has 1 fully saturated rings. The lowest BCUT2D eigenvalue weighted by Gasteiger charge is -2.30. The molecule has 11 heteroatoms. The van der Waals surface area contributed by atoms with Crippen LogP contribution in [0.3, 0.4) is 0 Å². The number of hydrogen-bond donors (Lipinski definition) is 2. The number of thioether (sulfide) groups is 1. The largest absolute Gasteiger partial charge is 0.378 e. The number of hydrogen-bond acceptors (Lipinski definition) is 6. The first-order chi connectivity index (χ1) is 17.2. The molecule has 1 heterocycles. The van der Waals surface area contributed by atoms with Gasteiger partial charge in [0.1, 0.15) is 0 Å². The molecule has 0 atom stereocenters. The number of carbonyl (C=O) groups excluding carboxylic acids is 1. The van der Waals surface area contributed by atoms with Crippen LogP contribution in [-0.2, 0) is 19.6 Å². The third-order valence-corrected chi connectivity index (χ3v) is 8.80. The molecule has 190 valence electrons. The fourth-order valence-electron chi connectivity index (χ4n) is 3.70. The van der Waals surface area contributed by atoms with Crippen molar-refractivity contribution < 1.29 is 17.9 Å². The van der Waals surface area contributed by atoms with Gasteiger partial charge in [-0.05, 0) is 73.2 Å². The van der Waals surface area contributed by atoms with Crippen LogP contribution in [0.1, 0.15) is 5.56 Å². The number of anilines is 3. The summed E-state index contributed by atoms with van der Waals surface area (Å²) in [6.07, 6.45) is 0. The smallest absolute Gasteiger partial charge is 0.261 e. The fraction of sp³-hybridized carbons (Fsp3) is 0.240. The third-order valence-electron chi connectivity index (χ3n) is 5.50. The van der Waals surface area contributed by atoms with Crippen molar-refractivity contribution in [3.63, 3.8) is 0 Å². The van der Waals surface area contributed by atoms with E-state index in [2.05, 4.69) is 30.9 Å². The van der Waals surface area contributed by atoms with Gasteiger partial charge < -0.3 is 15.0 Å². The summed E-state index contributed by atoms with van der Waals surface area (Å²) >= 11 is 10.8. The van der Waals surface area contributed by atoms with Crippen molar-refractivity contribution >= 4 is 72.3 Å². The predicted molar refractivity (Wildman–Crippen MR) is 150 cm³/mol. The molecule has 0 spiro atoms. The van der Waals surface area contributed by atoms with E-state index in [9.17, 15) is 13.2 Å². The monoisotopic (exact) mass is 609 g/mol. The number of nitrogens with zero attached hydrogens (tertiary/aromatic N) is 1. The first-order valence-corrected chi connectivity index (χ1v) is 14.8. The molecule has 0 radical (unpaired) electrons. The van der Waals surface area contributed by atoms with Crippen molar-refractivity contribution in [3.05, 3.63) is 75.7 Å². The van der Waals surface area contributed by atoms with E-state index in [-0.39, 0.29) is 16.6 Å². The first kappa shape index (κ1) is 26.8. The second kappa shape index (κ2) is 11.9. The highest BCUT2D eigenvalue weighted by Gasteiger charge is 2.21. The number of benzene rings is 3. The number of aryl methyl sites for hydroxylation is 1. The Morgan fingerprint density at radius 3 is 2.50 bits per heavy atom. The number of rotatable bonds is 8. The zero-order valence-electron chi connectivity index (χ0n) is 19.5. The molecule has 3 aromatic carbocycles. The van der Waals surface area contributed by atoms with Crippen molar-refractivity contribution in [1.29, 1.82) is 0 Å². The standard InChI is InChI=1S/C25H25BrClN3O4S2/c1-17-14-18(26)2-9-24(17)35-16-25(31)28-22-15-21(7-8-23(22)30-10-12-34-13-11-30)36(32,33)29-20-5-3-19(27)4-6-20/h2-9,14-15,29H,10-13,16H2,1H3,(H,28,31). The van der Waals surface area contributed by atoms with Crippen molar-refractivity contribution in [2.24, 2.45) is 0 Å². The molecule has 1 aliphatic rings. The fourth-order valence-corrected chi connectivity index (χ4v) is 6.19. The van der Waals surface area contributed by atoms with E-state index < -0.39 is 10.0 Å². The van der Waals surface area contributed by atoms with E-state index in [1.807, 2.05) is 25.1 Å². The van der Waals surface area contributed by atoms with E-state index >= 15 is 0 Å². The number of amides is 1. The van der Waals surface area contributed by atoms with E-state index in [1.165, 1.54) is 17.8 Å². The summed E-state index contributed by atoms with van der Waals surface area (Å²) < 4.78 is 35.2. The summed E-state index contributed by atoms with van der Waals surface area (Å²) in [5, 5.41) is 3.44. The predicted octanol–water partition coefficient (Wildman–Crippen LogP) is 5.78. The summed E-state index contributed by atoms with van der Waals surface area (Å²) in [5.74, 6) is -0.0394. The molecule has 0 aromatic heterocycles. The van der Waals surface area contributed by atoms with Crippen LogP contribution in [0.5, 0.6) is 0 Å². The quantitative estimate of drug-likeness (QED) is 0.315. The van der Waals surface area contributed by atoms with E-state index in [1.54, 1.807) is 36.4 Å². The molecule has 0 saturated carbocycles. The van der Waals surface area contributed by atoms with Gasteiger partial charge in [0.05, 0.1) is 35.2 Å². The highest BCUT2D eigenvalue weighted by Crippen LogP contribution is 2.32. The molecule has 3 aromatic rings. The van der Waals surface area contributed by atoms with Gasteiger partial charge in [0.2, 0.25) is 5.91 Å². The van der Waals surface area contributed by atoms with Gasteiger partial charge in [0, 0.05) is 33.2 Å². The Labute approximate surface area is 228 Å². The molecule has 0 bridgehead atoms. The molecule has 4 rings (SSSR count). The van der Waals surface area contributed by atoms with Gasteiger partial charge in [-0.1, -0.05) is 27.5 Å². The summed E-state index contributed by atoms with van der Waals surface area (Å²) in [6.45, 7) is 4.40. The van der Waals surface area contributed by atoms with Gasteiger partial charge in [-0.25, -0.2) is 8.42 Å². The average Bonchev–Trinajstić information content (AvgIpc) is 2.85. The lowest BCUT2D eigenvalue weighted by molar-refractivity contribution is -0.113. The van der Waals surface area contributed by atoms with Crippen molar-refractivity contribution in [3.8, 4) is 0 Å². The van der Waals surface area contributed by atoms with Crippen LogP contribution in [0.25, 0.3) is 0 Å². The number of morpholine rings is 1. The van der Waals surface area contributed by atoms with Crippen LogP contribution in [0.2, 0.25) is 5.02 Å². The SMILES string of the molecule is Cc1cc(Br)ccc1SCC(=O)Nc1cc(S(=O)(=O)Nc2ccc(Cl)cc2)ccc1N1CCOCC1. The van der Waals surface area contributed by atoms with E-state index in [0.717, 1.165) is 20.6 Å². The molecular formula is C25H25BrClN3O4S2. The van der Waals surface area contributed by atoms with Crippen molar-refractivity contribution in [2.45, 2.75) is 16.7 Å². The summed E-state index contributed by atoms with van der Waals surface area (Å²) in [7, 11) is -3.89. The first-order valence-electron chi connectivity index (χ1n) is 11.2. The van der Waals surface area contributed by atoms with E-state index in [4.69, 9.17) is 16.3 Å². The molecule has 2 N–H and O–H groups in total. The molecular weight excluding hydrogens is 586 g/mol. The topological polar surface area (TPSA) is 87.7 Å². The number of sulfonamides is 1. The highest BCUT2D eigenvalue weighted by atomic mass is 79.9. The van der Waals surface area contributed by atoms with Crippen LogP contribution in [-0.4, -0.2) is 46.4 Å². The average molecular weight is 611 g/mol. The van der Waals surface area contributed by atoms with Crippen LogP contribution in [0, 0.1) is 6.92 Å². The van der Waals surface area contributed by atoms with Gasteiger partial charge in [-0.3, -0.25) is 9.52 Å². The molecule has 0 unspecified atom stereocenters. The lowest BCUT2D eigenvalue weighted by atomic mass is 10.2. The minimum Gasteiger partial charge on any atom is -0.378 e. The second-order valence-electron chi connectivity index (χ2n) is 8.14. The van der Waals surface area contributed by atoms with Gasteiger partial charge in [-0.15, -0.1) is 11.8 Å². The molecule has 7 nitrogen and oxygen atoms in total. The zero-order chi connectivity index (χ0) is 25.7. The van der Waals surface area contributed by atoms with Crippen LogP contribution in [0.4, 0.5) is 17.1 Å². The minimum absolute atomic E-state index is 0.0427. The summed E-state index contributed by atoms with van der Waals surface area (Å²) in [4.78, 5) is 16.0. The molecule has 0 aliphatic carbocycles. The number of halogens is 2. The van der Waals surface area contributed by atoms with Crippen LogP contribution < -0.4 is 14.9 Å². The van der Waals surface area contributed by atoms with Crippen LogP contribution >= 0.6 is 39.3 Å². The highest BCUT2D eigenvalue weighted by molar-refractivity contribution is 9.10. The Hall–Kier alpha value is -2.24. The van der Waals surface area contributed by atoms with Crippen molar-refractivity contribution in [1.82, 2.24) is 0 Å². The molecule has 1 amide bonds. The van der Waals surface area contributed by atoms with Gasteiger partial charge >= 0.3 is 0 Å². The van der Waals surface area contributed by atoms with E-state index in [0.29, 0.717) is 42.7 Å². The number of nitrogens with one attached hydrogen (secondary N) is 2. The third kappa shape index (κ3) is 6.95. The Morgan fingerprint density at radius 2 is 1.81 bits per heavy atom. The van der Waals surface area contributed by atoms with Crippen LogP contribution in [0.15, 0.2) is 74.9 Å². The zero-order valence-corrected chi connectivity index (χ0v) is 23.4. The van der Waals surface area contributed by atoms with Crippen molar-refractivity contribution in [2.75, 3.05) is 47.0 Å². The Balaban J connectivity index is 1.56. The maximum Gasteiger partial charge on any atom is 0.261 e.